The molecule has 0 bridgehead atoms. The van der Waals surface area contributed by atoms with Crippen molar-refractivity contribution in [3.05, 3.63) is 34.0 Å². The second-order valence-corrected chi connectivity index (χ2v) is 4.66. The van der Waals surface area contributed by atoms with E-state index in [2.05, 4.69) is 10.1 Å². The third-order valence-electron chi connectivity index (χ3n) is 2.33. The second-order valence-electron chi connectivity index (χ2n) is 3.60. The summed E-state index contributed by atoms with van der Waals surface area (Å²) in [4.78, 5) is 3.42. The molecule has 2 heterocycles. The molecule has 0 spiro atoms. The van der Waals surface area contributed by atoms with Gasteiger partial charge in [0.15, 0.2) is 5.01 Å². The van der Waals surface area contributed by atoms with Crippen molar-refractivity contribution in [2.45, 2.75) is 25.7 Å². The van der Waals surface area contributed by atoms with Crippen LogP contribution in [0.15, 0.2) is 18.6 Å². The van der Waals surface area contributed by atoms with Crippen molar-refractivity contribution in [3.8, 4) is 0 Å². The maximum Gasteiger partial charge on any atom is 0.443 e. The molecule has 0 radical (unpaired) electrons. The lowest BCUT2D eigenvalue weighted by Crippen LogP contribution is -2.03. The average Bonchev–Trinajstić information content (AvgIpc) is 2.96. The van der Waals surface area contributed by atoms with E-state index in [1.165, 1.54) is 6.20 Å². The molecule has 1 N–H and O–H groups in total. The van der Waals surface area contributed by atoms with Gasteiger partial charge in [0.05, 0.1) is 11.1 Å². The molecule has 2 rings (SSSR count). The second kappa shape index (κ2) is 4.69. The normalized spacial score (nSPS) is 13.8. The topological polar surface area (TPSA) is 50.9 Å². The van der Waals surface area contributed by atoms with Crippen LogP contribution in [-0.4, -0.2) is 19.9 Å². The molecule has 1 unspecified atom stereocenters. The zero-order chi connectivity index (χ0) is 13.3. The van der Waals surface area contributed by atoms with Gasteiger partial charge < -0.3 is 5.11 Å². The minimum absolute atomic E-state index is 0.151. The van der Waals surface area contributed by atoms with Crippen LogP contribution in [-0.2, 0) is 12.7 Å². The molecule has 0 saturated carbocycles. The van der Waals surface area contributed by atoms with Gasteiger partial charge in [-0.3, -0.25) is 4.68 Å². The van der Waals surface area contributed by atoms with Crippen LogP contribution in [0.4, 0.5) is 13.2 Å². The van der Waals surface area contributed by atoms with Crippen LogP contribution in [0.2, 0.25) is 0 Å². The molecule has 2 aromatic rings. The molecule has 0 aromatic carbocycles. The van der Waals surface area contributed by atoms with E-state index in [4.69, 9.17) is 0 Å². The smallest absolute Gasteiger partial charge is 0.383 e. The summed E-state index contributed by atoms with van der Waals surface area (Å²) in [5, 5.41) is 12.9. The minimum Gasteiger partial charge on any atom is -0.383 e. The number of rotatable bonds is 3. The quantitative estimate of drug-likeness (QED) is 0.937. The van der Waals surface area contributed by atoms with E-state index >= 15 is 0 Å². The molecule has 0 fully saturated rings. The first-order valence-electron chi connectivity index (χ1n) is 5.15. The number of thiazole rings is 1. The van der Waals surface area contributed by atoms with Crippen molar-refractivity contribution in [3.63, 3.8) is 0 Å². The predicted octanol–water partition coefficient (Wildman–Crippen LogP) is 2.46. The molecule has 0 aliphatic rings. The highest BCUT2D eigenvalue weighted by Gasteiger charge is 2.35. The Balaban J connectivity index is 2.23. The molecule has 1 atom stereocenters. The Hall–Kier alpha value is -1.41. The third kappa shape index (κ3) is 2.54. The molecule has 0 aliphatic heterocycles. The Morgan fingerprint density at radius 1 is 1.44 bits per heavy atom. The first-order chi connectivity index (χ1) is 8.41. The number of aliphatic hydroxyl groups excluding tert-OH is 1. The lowest BCUT2D eigenvalue weighted by atomic mass is 10.2. The summed E-state index contributed by atoms with van der Waals surface area (Å²) >= 11 is 0.436. The zero-order valence-electron chi connectivity index (χ0n) is 9.35. The van der Waals surface area contributed by atoms with Gasteiger partial charge in [0.25, 0.3) is 0 Å². The summed E-state index contributed by atoms with van der Waals surface area (Å²) in [6, 6.07) is 0. The zero-order valence-corrected chi connectivity index (χ0v) is 10.2. The summed E-state index contributed by atoms with van der Waals surface area (Å²) in [6.07, 6.45) is -1.53. The number of hydrogen-bond acceptors (Lipinski definition) is 4. The Labute approximate surface area is 105 Å². The van der Waals surface area contributed by atoms with E-state index in [1.54, 1.807) is 10.9 Å². The van der Waals surface area contributed by atoms with Gasteiger partial charge in [-0.05, 0) is 6.92 Å². The van der Waals surface area contributed by atoms with Gasteiger partial charge >= 0.3 is 6.18 Å². The van der Waals surface area contributed by atoms with Crippen LogP contribution in [0.25, 0.3) is 0 Å². The Morgan fingerprint density at radius 3 is 2.67 bits per heavy atom. The van der Waals surface area contributed by atoms with Gasteiger partial charge in [0.1, 0.15) is 6.10 Å². The number of aryl methyl sites for hydroxylation is 1. The van der Waals surface area contributed by atoms with E-state index in [-0.39, 0.29) is 4.88 Å². The third-order valence-corrected chi connectivity index (χ3v) is 3.42. The summed E-state index contributed by atoms with van der Waals surface area (Å²) in [6.45, 7) is 2.50. The molecule has 4 nitrogen and oxygen atoms in total. The van der Waals surface area contributed by atoms with Gasteiger partial charge in [0.2, 0.25) is 0 Å². The highest BCUT2D eigenvalue weighted by atomic mass is 32.1. The molecule has 18 heavy (non-hydrogen) atoms. The van der Waals surface area contributed by atoms with E-state index in [0.29, 0.717) is 23.4 Å². The lowest BCUT2D eigenvalue weighted by Gasteiger charge is -2.04. The molecular weight excluding hydrogens is 267 g/mol. The molecule has 98 valence electrons. The van der Waals surface area contributed by atoms with E-state index < -0.39 is 17.3 Å². The van der Waals surface area contributed by atoms with Crippen molar-refractivity contribution >= 4 is 11.3 Å². The highest BCUT2D eigenvalue weighted by Crippen LogP contribution is 2.35. The maximum absolute atomic E-state index is 12.4. The van der Waals surface area contributed by atoms with Crippen molar-refractivity contribution < 1.29 is 18.3 Å². The number of halogens is 3. The van der Waals surface area contributed by atoms with Crippen molar-refractivity contribution in [1.29, 1.82) is 0 Å². The molecule has 2 aromatic heterocycles. The Kier molecular flexibility index (Phi) is 3.40. The van der Waals surface area contributed by atoms with Crippen molar-refractivity contribution in [1.82, 2.24) is 14.8 Å². The standard InChI is InChI=1S/C10H10F3N3OS/c1-2-16-5-6(3-15-16)8(17)7-4-14-9(18-7)10(11,12)13/h3-5,8,17H,2H2,1H3. The van der Waals surface area contributed by atoms with Crippen molar-refractivity contribution in [2.24, 2.45) is 0 Å². The van der Waals surface area contributed by atoms with E-state index in [1.807, 2.05) is 6.92 Å². The molecule has 0 aliphatic carbocycles. The van der Waals surface area contributed by atoms with Gasteiger partial charge in [-0.2, -0.15) is 18.3 Å². The fourth-order valence-corrected chi connectivity index (χ4v) is 2.20. The lowest BCUT2D eigenvalue weighted by molar-refractivity contribution is -0.137. The van der Waals surface area contributed by atoms with E-state index in [0.717, 1.165) is 6.20 Å². The maximum atomic E-state index is 12.4. The van der Waals surface area contributed by atoms with Crippen LogP contribution in [0.1, 0.15) is 28.5 Å². The summed E-state index contributed by atoms with van der Waals surface area (Å²) in [7, 11) is 0. The van der Waals surface area contributed by atoms with Crippen molar-refractivity contribution in [2.75, 3.05) is 0 Å². The first-order valence-corrected chi connectivity index (χ1v) is 5.96. The van der Waals surface area contributed by atoms with Gasteiger partial charge in [-0.1, -0.05) is 0 Å². The molecular formula is C10H10F3N3OS. The molecule has 8 heteroatoms. The van der Waals surface area contributed by atoms with Crippen LogP contribution in [0.3, 0.4) is 0 Å². The van der Waals surface area contributed by atoms with Gasteiger partial charge in [-0.15, -0.1) is 11.3 Å². The average molecular weight is 277 g/mol. The Bertz CT molecular complexity index is 534. The van der Waals surface area contributed by atoms with Crippen LogP contribution in [0.5, 0.6) is 0 Å². The number of alkyl halides is 3. The number of aromatic nitrogens is 3. The van der Waals surface area contributed by atoms with Crippen LogP contribution < -0.4 is 0 Å². The van der Waals surface area contributed by atoms with Crippen LogP contribution in [0, 0.1) is 0 Å². The number of hydrogen-bond donors (Lipinski definition) is 1. The number of nitrogens with zero attached hydrogens (tertiary/aromatic N) is 3. The fourth-order valence-electron chi connectivity index (χ4n) is 1.40. The summed E-state index contributed by atoms with van der Waals surface area (Å²) in [5.41, 5.74) is 0.453. The van der Waals surface area contributed by atoms with E-state index in [9.17, 15) is 18.3 Å². The van der Waals surface area contributed by atoms with Crippen LogP contribution >= 0.6 is 11.3 Å². The fraction of sp³-hybridized carbons (Fsp3) is 0.400. The predicted molar refractivity (Wildman–Crippen MR) is 59.1 cm³/mol. The summed E-state index contributed by atoms with van der Waals surface area (Å²) in [5.74, 6) is 0. The molecule has 0 saturated heterocycles. The SMILES string of the molecule is CCn1cc(C(O)c2cnc(C(F)(F)F)s2)cn1. The summed E-state index contributed by atoms with van der Waals surface area (Å²) < 4.78 is 38.7. The largest absolute Gasteiger partial charge is 0.443 e. The van der Waals surface area contributed by atoms with Gasteiger partial charge in [0, 0.05) is 24.5 Å². The van der Waals surface area contributed by atoms with Gasteiger partial charge in [-0.25, -0.2) is 4.98 Å². The molecule has 0 amide bonds. The highest BCUT2D eigenvalue weighted by molar-refractivity contribution is 7.11. The monoisotopic (exact) mass is 277 g/mol. The number of aliphatic hydroxyl groups is 1. The Morgan fingerprint density at radius 2 is 2.17 bits per heavy atom. The first kappa shape index (κ1) is 13.0. The minimum atomic E-state index is -4.48.